The van der Waals surface area contributed by atoms with Crippen molar-refractivity contribution in [1.29, 1.82) is 0 Å². The van der Waals surface area contributed by atoms with Crippen LogP contribution >= 0.6 is 0 Å². The lowest BCUT2D eigenvalue weighted by atomic mass is 10.1. The maximum absolute atomic E-state index is 13.0. The monoisotopic (exact) mass is 484 g/mol. The maximum Gasteiger partial charge on any atom is 0.310 e. The van der Waals surface area contributed by atoms with Crippen LogP contribution in [0.1, 0.15) is 46.2 Å². The molecule has 1 saturated carbocycles. The fourth-order valence-corrected chi connectivity index (χ4v) is 4.97. The van der Waals surface area contributed by atoms with Gasteiger partial charge < -0.3 is 9.30 Å². The van der Waals surface area contributed by atoms with Crippen molar-refractivity contribution in [3.8, 4) is 0 Å². The summed E-state index contributed by atoms with van der Waals surface area (Å²) in [7, 11) is -3.86. The van der Waals surface area contributed by atoms with Crippen LogP contribution in [-0.2, 0) is 26.0 Å². The standard InChI is InChI=1S/C25H25FN2O5S/c1-16-13-23(17(2)28(16)21-9-10-21)24(29)15-33-25(30)14-18-3-7-20(8-4-18)27-34(31,32)22-11-5-19(26)6-12-22/h3-8,11-13,21,27H,9-10,14-15H2,1-2H3. The maximum atomic E-state index is 13.0. The minimum atomic E-state index is -3.86. The Kier molecular flexibility index (Phi) is 6.56. The Bertz CT molecular complexity index is 1320. The highest BCUT2D eigenvalue weighted by molar-refractivity contribution is 7.92. The van der Waals surface area contributed by atoms with E-state index in [-0.39, 0.29) is 23.7 Å². The molecular weight excluding hydrogens is 459 g/mol. The van der Waals surface area contributed by atoms with Gasteiger partial charge in [-0.25, -0.2) is 12.8 Å². The average molecular weight is 485 g/mol. The Morgan fingerprint density at radius 3 is 2.32 bits per heavy atom. The first-order chi connectivity index (χ1) is 16.1. The average Bonchev–Trinajstić information content (AvgIpc) is 3.57. The molecule has 0 unspecified atom stereocenters. The van der Waals surface area contributed by atoms with Gasteiger partial charge in [-0.2, -0.15) is 0 Å². The lowest BCUT2D eigenvalue weighted by molar-refractivity contribution is -0.141. The highest BCUT2D eigenvalue weighted by Crippen LogP contribution is 2.38. The lowest BCUT2D eigenvalue weighted by Crippen LogP contribution is -2.16. The highest BCUT2D eigenvalue weighted by Gasteiger charge is 2.28. The topological polar surface area (TPSA) is 94.5 Å². The summed E-state index contributed by atoms with van der Waals surface area (Å²) in [5, 5.41) is 0. The third kappa shape index (κ3) is 5.36. The number of benzene rings is 2. The van der Waals surface area contributed by atoms with Gasteiger partial charge in [-0.15, -0.1) is 0 Å². The van der Waals surface area contributed by atoms with Crippen LogP contribution < -0.4 is 4.72 Å². The smallest absolute Gasteiger partial charge is 0.310 e. The molecule has 1 aliphatic rings. The molecule has 1 fully saturated rings. The SMILES string of the molecule is Cc1cc(C(=O)COC(=O)Cc2ccc(NS(=O)(=O)c3ccc(F)cc3)cc2)c(C)n1C1CC1. The molecule has 4 rings (SSSR count). The lowest BCUT2D eigenvalue weighted by Gasteiger charge is -2.09. The number of sulfonamides is 1. The molecule has 0 spiro atoms. The summed E-state index contributed by atoms with van der Waals surface area (Å²) >= 11 is 0. The molecule has 9 heteroatoms. The van der Waals surface area contributed by atoms with E-state index in [0.717, 1.165) is 36.4 Å². The molecule has 0 atom stereocenters. The molecule has 0 saturated heterocycles. The second kappa shape index (κ2) is 9.42. The van der Waals surface area contributed by atoms with Crippen LogP contribution in [0.15, 0.2) is 59.5 Å². The number of anilines is 1. The summed E-state index contributed by atoms with van der Waals surface area (Å²) in [5.74, 6) is -1.32. The minimum absolute atomic E-state index is 0.0562. The zero-order valence-corrected chi connectivity index (χ0v) is 19.7. The number of hydrogen-bond acceptors (Lipinski definition) is 5. The largest absolute Gasteiger partial charge is 0.457 e. The molecule has 7 nitrogen and oxygen atoms in total. The molecule has 0 bridgehead atoms. The summed E-state index contributed by atoms with van der Waals surface area (Å²) in [5.41, 5.74) is 3.41. The summed E-state index contributed by atoms with van der Waals surface area (Å²) in [6.07, 6.45) is 2.18. The molecule has 0 radical (unpaired) electrons. The Hall–Kier alpha value is -3.46. The predicted octanol–water partition coefficient (Wildman–Crippen LogP) is 4.35. The van der Waals surface area contributed by atoms with E-state index in [4.69, 9.17) is 4.74 Å². The Balaban J connectivity index is 1.31. The van der Waals surface area contributed by atoms with Crippen molar-refractivity contribution in [3.05, 3.63) is 82.9 Å². The number of ketones is 1. The van der Waals surface area contributed by atoms with Gasteiger partial charge in [-0.1, -0.05) is 12.1 Å². The van der Waals surface area contributed by atoms with Crippen LogP contribution in [0.3, 0.4) is 0 Å². The number of ether oxygens (including phenoxy) is 1. The number of esters is 1. The second-order valence-corrected chi connectivity index (χ2v) is 10.1. The number of carbonyl (C=O) groups is 2. The molecule has 1 aromatic heterocycles. The molecule has 34 heavy (non-hydrogen) atoms. The zero-order valence-electron chi connectivity index (χ0n) is 18.9. The number of hydrogen-bond donors (Lipinski definition) is 1. The van der Waals surface area contributed by atoms with Crippen molar-refractivity contribution in [2.45, 2.75) is 44.0 Å². The predicted molar refractivity (Wildman–Crippen MR) is 125 cm³/mol. The Labute approximate surface area is 197 Å². The van der Waals surface area contributed by atoms with Crippen molar-refractivity contribution < 1.29 is 27.1 Å². The summed E-state index contributed by atoms with van der Waals surface area (Å²) in [6.45, 7) is 3.55. The molecule has 1 aliphatic carbocycles. The summed E-state index contributed by atoms with van der Waals surface area (Å²) < 4.78 is 47.6. The minimum Gasteiger partial charge on any atom is -0.457 e. The fraction of sp³-hybridized carbons (Fsp3) is 0.280. The van der Waals surface area contributed by atoms with Gasteiger partial charge in [0, 0.05) is 28.7 Å². The van der Waals surface area contributed by atoms with Crippen LogP contribution in [0.2, 0.25) is 0 Å². The first-order valence-electron chi connectivity index (χ1n) is 10.9. The number of nitrogens with zero attached hydrogens (tertiary/aromatic N) is 1. The van der Waals surface area contributed by atoms with E-state index in [9.17, 15) is 22.4 Å². The van der Waals surface area contributed by atoms with Crippen LogP contribution in [0.5, 0.6) is 0 Å². The van der Waals surface area contributed by atoms with E-state index in [1.807, 2.05) is 19.9 Å². The third-order valence-electron chi connectivity index (χ3n) is 5.74. The molecule has 1 N–H and O–H groups in total. The van der Waals surface area contributed by atoms with Gasteiger partial charge in [-0.05, 0) is 74.7 Å². The number of Topliss-reactive ketones (excluding diaryl/α,β-unsaturated/α-hetero) is 1. The fourth-order valence-electron chi connectivity index (χ4n) is 3.91. The number of carbonyl (C=O) groups excluding carboxylic acids is 2. The van der Waals surface area contributed by atoms with Gasteiger partial charge in [0.15, 0.2) is 6.61 Å². The number of aromatic nitrogens is 1. The second-order valence-electron chi connectivity index (χ2n) is 8.40. The van der Waals surface area contributed by atoms with Crippen molar-refractivity contribution >= 4 is 27.5 Å². The van der Waals surface area contributed by atoms with E-state index in [1.54, 1.807) is 12.1 Å². The summed E-state index contributed by atoms with van der Waals surface area (Å²) in [6, 6.07) is 13.0. The van der Waals surface area contributed by atoms with Crippen molar-refractivity contribution in [3.63, 3.8) is 0 Å². The molecule has 1 heterocycles. The van der Waals surface area contributed by atoms with Gasteiger partial charge in [0.05, 0.1) is 11.3 Å². The van der Waals surface area contributed by atoms with E-state index >= 15 is 0 Å². The highest BCUT2D eigenvalue weighted by atomic mass is 32.2. The first-order valence-corrected chi connectivity index (χ1v) is 12.4. The van der Waals surface area contributed by atoms with Crippen LogP contribution in [0, 0.1) is 19.7 Å². The molecular formula is C25H25FN2O5S. The van der Waals surface area contributed by atoms with Crippen molar-refractivity contribution in [2.24, 2.45) is 0 Å². The number of halogens is 1. The Morgan fingerprint density at radius 1 is 1.06 bits per heavy atom. The first kappa shape index (κ1) is 23.7. The third-order valence-corrected chi connectivity index (χ3v) is 7.14. The van der Waals surface area contributed by atoms with Gasteiger partial charge in [0.2, 0.25) is 5.78 Å². The van der Waals surface area contributed by atoms with E-state index < -0.39 is 21.8 Å². The normalized spacial score (nSPS) is 13.5. The number of rotatable bonds is 9. The van der Waals surface area contributed by atoms with E-state index in [0.29, 0.717) is 22.9 Å². The van der Waals surface area contributed by atoms with Gasteiger partial charge in [-0.3, -0.25) is 14.3 Å². The summed E-state index contributed by atoms with van der Waals surface area (Å²) in [4.78, 5) is 24.7. The van der Waals surface area contributed by atoms with Crippen molar-refractivity contribution in [1.82, 2.24) is 4.57 Å². The van der Waals surface area contributed by atoms with E-state index in [1.165, 1.54) is 24.3 Å². The molecule has 178 valence electrons. The number of aryl methyl sites for hydroxylation is 1. The van der Waals surface area contributed by atoms with Crippen LogP contribution in [-0.4, -0.2) is 31.3 Å². The quantitative estimate of drug-likeness (QED) is 0.360. The van der Waals surface area contributed by atoms with Crippen LogP contribution in [0.25, 0.3) is 0 Å². The molecule has 2 aromatic carbocycles. The Morgan fingerprint density at radius 2 is 1.71 bits per heavy atom. The van der Waals surface area contributed by atoms with Crippen molar-refractivity contribution in [2.75, 3.05) is 11.3 Å². The van der Waals surface area contributed by atoms with Gasteiger partial charge in [0.1, 0.15) is 5.82 Å². The molecule has 0 aliphatic heterocycles. The molecule has 0 amide bonds. The van der Waals surface area contributed by atoms with Gasteiger partial charge >= 0.3 is 5.97 Å². The van der Waals surface area contributed by atoms with Crippen LogP contribution in [0.4, 0.5) is 10.1 Å². The number of nitrogens with one attached hydrogen (secondary N) is 1. The van der Waals surface area contributed by atoms with Gasteiger partial charge in [0.25, 0.3) is 10.0 Å². The van der Waals surface area contributed by atoms with E-state index in [2.05, 4.69) is 9.29 Å². The zero-order chi connectivity index (χ0) is 24.5. The molecule has 3 aromatic rings.